The second kappa shape index (κ2) is 7.60. The topological polar surface area (TPSA) is 35.0 Å². The van der Waals surface area contributed by atoms with Gasteiger partial charge >= 0.3 is 0 Å². The minimum atomic E-state index is 0.472. The van der Waals surface area contributed by atoms with Crippen LogP contribution in [0.15, 0.2) is 48.3 Å². The van der Waals surface area contributed by atoms with E-state index in [0.717, 1.165) is 48.4 Å². The van der Waals surface area contributed by atoms with Gasteiger partial charge in [0, 0.05) is 29.4 Å². The number of hydrogen-bond acceptors (Lipinski definition) is 3. The first-order valence-electron chi connectivity index (χ1n) is 8.03. The van der Waals surface area contributed by atoms with Gasteiger partial charge in [-0.25, -0.2) is 9.97 Å². The third kappa shape index (κ3) is 3.91. The minimum absolute atomic E-state index is 0.472. The molecule has 0 saturated heterocycles. The summed E-state index contributed by atoms with van der Waals surface area (Å²) in [5.74, 6) is 2.91. The fraction of sp³-hybridized carbons (Fsp3) is 0.368. The molecule has 0 unspecified atom stereocenters. The summed E-state index contributed by atoms with van der Waals surface area (Å²) in [7, 11) is 1.67. The van der Waals surface area contributed by atoms with Gasteiger partial charge in [0.2, 0.25) is 0 Å². The van der Waals surface area contributed by atoms with Gasteiger partial charge in [-0.15, -0.1) is 0 Å². The zero-order chi connectivity index (χ0) is 16.1. The van der Waals surface area contributed by atoms with Crippen molar-refractivity contribution >= 4 is 11.6 Å². The van der Waals surface area contributed by atoms with E-state index in [-0.39, 0.29) is 0 Å². The van der Waals surface area contributed by atoms with E-state index in [0.29, 0.717) is 11.8 Å². The van der Waals surface area contributed by atoms with Crippen LogP contribution >= 0.6 is 11.6 Å². The average molecular weight is 329 g/mol. The van der Waals surface area contributed by atoms with Crippen molar-refractivity contribution in [3.63, 3.8) is 0 Å². The van der Waals surface area contributed by atoms with Crippen LogP contribution in [-0.2, 0) is 0 Å². The van der Waals surface area contributed by atoms with E-state index >= 15 is 0 Å². The van der Waals surface area contributed by atoms with Crippen LogP contribution in [0, 0.1) is 5.92 Å². The summed E-state index contributed by atoms with van der Waals surface area (Å²) >= 11 is 5.67. The number of aromatic nitrogens is 2. The number of benzene rings is 1. The average Bonchev–Trinajstić information content (AvgIpc) is 2.63. The molecular weight excluding hydrogens is 308 g/mol. The SMILES string of the molecule is COc1ccc(-c2cnc([C@H]3CC[C@H](/C=C/Cl)CC3)nc2)cc1. The first-order chi connectivity index (χ1) is 11.3. The Kier molecular flexibility index (Phi) is 5.29. The number of methoxy groups -OCH3 is 1. The number of nitrogens with zero attached hydrogens (tertiary/aromatic N) is 2. The standard InChI is InChI=1S/C19H21ClN2O/c1-23-18-8-6-15(7-9-18)17-12-21-19(22-13-17)16-4-2-14(3-5-16)10-11-20/h6-14,16H,2-5H2,1H3/b11-10+/t14-,16-. The van der Waals surface area contributed by atoms with Crippen LogP contribution in [0.25, 0.3) is 11.1 Å². The van der Waals surface area contributed by atoms with E-state index in [2.05, 4.69) is 16.0 Å². The molecule has 1 fully saturated rings. The Morgan fingerprint density at radius 3 is 2.22 bits per heavy atom. The lowest BCUT2D eigenvalue weighted by molar-refractivity contribution is 0.366. The number of hydrogen-bond donors (Lipinski definition) is 0. The molecule has 0 N–H and O–H groups in total. The van der Waals surface area contributed by atoms with Gasteiger partial charge < -0.3 is 4.74 Å². The van der Waals surface area contributed by atoms with Gasteiger partial charge in [-0.3, -0.25) is 0 Å². The summed E-state index contributed by atoms with van der Waals surface area (Å²) in [6, 6.07) is 7.96. The van der Waals surface area contributed by atoms with E-state index in [1.807, 2.05) is 36.7 Å². The molecule has 2 aromatic rings. The van der Waals surface area contributed by atoms with Crippen molar-refractivity contribution in [1.29, 1.82) is 0 Å². The normalized spacial score (nSPS) is 21.5. The van der Waals surface area contributed by atoms with Crippen molar-refractivity contribution in [1.82, 2.24) is 9.97 Å². The molecule has 1 aliphatic carbocycles. The molecule has 0 atom stereocenters. The number of ether oxygens (including phenoxy) is 1. The molecule has 0 spiro atoms. The van der Waals surface area contributed by atoms with E-state index in [9.17, 15) is 0 Å². The molecule has 23 heavy (non-hydrogen) atoms. The third-order valence-corrected chi connectivity index (χ3v) is 4.72. The summed E-state index contributed by atoms with van der Waals surface area (Å²) in [6.07, 6.45) is 10.5. The maximum atomic E-state index is 5.67. The Bertz CT molecular complexity index is 644. The van der Waals surface area contributed by atoms with Gasteiger partial charge in [-0.2, -0.15) is 0 Å². The van der Waals surface area contributed by atoms with Gasteiger partial charge in [0.05, 0.1) is 7.11 Å². The molecule has 3 nitrogen and oxygen atoms in total. The van der Waals surface area contributed by atoms with Crippen molar-refractivity contribution in [3.8, 4) is 16.9 Å². The number of halogens is 1. The molecule has 120 valence electrons. The van der Waals surface area contributed by atoms with E-state index in [1.54, 1.807) is 12.6 Å². The van der Waals surface area contributed by atoms with Crippen LogP contribution in [0.4, 0.5) is 0 Å². The molecule has 1 aliphatic rings. The molecule has 1 saturated carbocycles. The molecule has 0 bridgehead atoms. The maximum Gasteiger partial charge on any atom is 0.131 e. The van der Waals surface area contributed by atoms with Gasteiger partial charge in [0.15, 0.2) is 0 Å². The first kappa shape index (κ1) is 16.0. The number of allylic oxidation sites excluding steroid dienone is 1. The predicted molar refractivity (Wildman–Crippen MR) is 93.7 cm³/mol. The van der Waals surface area contributed by atoms with Crippen LogP contribution < -0.4 is 4.74 Å². The van der Waals surface area contributed by atoms with Crippen LogP contribution in [0.5, 0.6) is 5.75 Å². The zero-order valence-corrected chi connectivity index (χ0v) is 14.0. The van der Waals surface area contributed by atoms with Crippen molar-refractivity contribution in [2.45, 2.75) is 31.6 Å². The van der Waals surface area contributed by atoms with Gasteiger partial charge in [0.1, 0.15) is 11.6 Å². The van der Waals surface area contributed by atoms with Gasteiger partial charge in [0.25, 0.3) is 0 Å². The van der Waals surface area contributed by atoms with Gasteiger partial charge in [-0.05, 0) is 49.3 Å². The smallest absolute Gasteiger partial charge is 0.131 e. The maximum absolute atomic E-state index is 5.67. The first-order valence-corrected chi connectivity index (χ1v) is 8.47. The second-order valence-electron chi connectivity index (χ2n) is 5.99. The van der Waals surface area contributed by atoms with E-state index < -0.39 is 0 Å². The van der Waals surface area contributed by atoms with Crippen LogP contribution in [0.1, 0.15) is 37.4 Å². The van der Waals surface area contributed by atoms with E-state index in [4.69, 9.17) is 16.3 Å². The van der Waals surface area contributed by atoms with Crippen LogP contribution in [0.2, 0.25) is 0 Å². The lowest BCUT2D eigenvalue weighted by Gasteiger charge is -2.25. The molecular formula is C19H21ClN2O. The molecule has 4 heteroatoms. The Balaban J connectivity index is 1.67. The quantitative estimate of drug-likeness (QED) is 0.775. The third-order valence-electron chi connectivity index (χ3n) is 4.58. The Morgan fingerprint density at radius 1 is 1.00 bits per heavy atom. The summed E-state index contributed by atoms with van der Waals surface area (Å²) in [5, 5.41) is 0. The zero-order valence-electron chi connectivity index (χ0n) is 13.3. The monoisotopic (exact) mass is 328 g/mol. The molecule has 1 aromatic heterocycles. The Hall–Kier alpha value is -1.87. The molecule has 0 amide bonds. The van der Waals surface area contributed by atoms with Crippen LogP contribution in [0.3, 0.4) is 0 Å². The second-order valence-corrected chi connectivity index (χ2v) is 6.24. The fourth-order valence-corrected chi connectivity index (χ4v) is 3.36. The molecule has 0 aliphatic heterocycles. The largest absolute Gasteiger partial charge is 0.497 e. The minimum Gasteiger partial charge on any atom is -0.497 e. The van der Waals surface area contributed by atoms with Crippen molar-refractivity contribution < 1.29 is 4.74 Å². The Morgan fingerprint density at radius 2 is 1.65 bits per heavy atom. The highest BCUT2D eigenvalue weighted by atomic mass is 35.5. The van der Waals surface area contributed by atoms with E-state index in [1.165, 1.54) is 0 Å². The van der Waals surface area contributed by atoms with Gasteiger partial charge in [-0.1, -0.05) is 29.8 Å². The summed E-state index contributed by atoms with van der Waals surface area (Å²) < 4.78 is 5.19. The number of rotatable bonds is 4. The summed E-state index contributed by atoms with van der Waals surface area (Å²) in [5.41, 5.74) is 3.79. The van der Waals surface area contributed by atoms with Crippen molar-refractivity contribution in [2.75, 3.05) is 7.11 Å². The van der Waals surface area contributed by atoms with Crippen molar-refractivity contribution in [2.24, 2.45) is 5.92 Å². The summed E-state index contributed by atoms with van der Waals surface area (Å²) in [6.45, 7) is 0. The van der Waals surface area contributed by atoms with Crippen LogP contribution in [-0.4, -0.2) is 17.1 Å². The lowest BCUT2D eigenvalue weighted by atomic mass is 9.81. The summed E-state index contributed by atoms with van der Waals surface area (Å²) in [4.78, 5) is 9.21. The molecule has 1 heterocycles. The highest BCUT2D eigenvalue weighted by Gasteiger charge is 2.22. The highest BCUT2D eigenvalue weighted by molar-refractivity contribution is 6.25. The predicted octanol–water partition coefficient (Wildman–Crippen LogP) is 5.18. The Labute approximate surface area is 142 Å². The molecule has 3 rings (SSSR count). The lowest BCUT2D eigenvalue weighted by Crippen LogP contribution is -2.13. The fourth-order valence-electron chi connectivity index (χ4n) is 3.15. The molecule has 0 radical (unpaired) electrons. The highest BCUT2D eigenvalue weighted by Crippen LogP contribution is 2.35. The molecule has 1 aromatic carbocycles. The van der Waals surface area contributed by atoms with Crippen molar-refractivity contribution in [3.05, 3.63) is 54.1 Å².